The van der Waals surface area contributed by atoms with Crippen LogP contribution in [0.1, 0.15) is 23.5 Å². The van der Waals surface area contributed by atoms with Gasteiger partial charge in [-0.2, -0.15) is 0 Å². The summed E-state index contributed by atoms with van der Waals surface area (Å²) in [5.41, 5.74) is 2.39. The molecule has 0 spiro atoms. The van der Waals surface area contributed by atoms with Crippen LogP contribution >= 0.6 is 0 Å². The number of benzene rings is 2. The zero-order chi connectivity index (χ0) is 17.8. The second-order valence-electron chi connectivity index (χ2n) is 5.83. The van der Waals surface area contributed by atoms with E-state index < -0.39 is 5.92 Å². The molecular formula is C19H20N2O4. The van der Waals surface area contributed by atoms with Crippen LogP contribution in [-0.4, -0.2) is 26.0 Å². The number of rotatable bonds is 5. The Morgan fingerprint density at radius 1 is 1.16 bits per heavy atom. The summed E-state index contributed by atoms with van der Waals surface area (Å²) in [5, 5.41) is 5.70. The third-order valence-electron chi connectivity index (χ3n) is 4.19. The zero-order valence-electron chi connectivity index (χ0n) is 14.2. The molecule has 0 aromatic heterocycles. The molecule has 1 heterocycles. The van der Waals surface area contributed by atoms with Crippen LogP contribution in [0.3, 0.4) is 0 Å². The highest BCUT2D eigenvalue weighted by molar-refractivity contribution is 6.01. The van der Waals surface area contributed by atoms with Crippen molar-refractivity contribution < 1.29 is 19.1 Å². The molecule has 1 unspecified atom stereocenters. The number of para-hydroxylation sites is 1. The van der Waals surface area contributed by atoms with Crippen LogP contribution in [-0.2, 0) is 16.1 Å². The standard InChI is InChI=1S/C19H20N2O4/c1-24-13-7-12(8-14(9-13)25-2)11-20-19(23)16-10-18(22)21-17-6-4-3-5-15(16)17/h3-9,16H,10-11H2,1-2H3,(H,20,23)(H,21,22). The zero-order valence-corrected chi connectivity index (χ0v) is 14.2. The summed E-state index contributed by atoms with van der Waals surface area (Å²) in [5.74, 6) is 0.500. The Balaban J connectivity index is 1.74. The molecule has 0 fully saturated rings. The fourth-order valence-electron chi connectivity index (χ4n) is 2.93. The van der Waals surface area contributed by atoms with Crippen molar-refractivity contribution in [2.45, 2.75) is 18.9 Å². The van der Waals surface area contributed by atoms with Crippen LogP contribution in [0.5, 0.6) is 11.5 Å². The van der Waals surface area contributed by atoms with Crippen molar-refractivity contribution in [1.82, 2.24) is 5.32 Å². The summed E-state index contributed by atoms with van der Waals surface area (Å²) in [6.45, 7) is 0.326. The maximum absolute atomic E-state index is 12.6. The minimum atomic E-state index is -0.488. The Kier molecular flexibility index (Phi) is 4.88. The Hall–Kier alpha value is -3.02. The van der Waals surface area contributed by atoms with E-state index in [1.807, 2.05) is 30.3 Å². The van der Waals surface area contributed by atoms with Crippen LogP contribution < -0.4 is 20.1 Å². The Labute approximate surface area is 146 Å². The Bertz CT molecular complexity index is 782. The smallest absolute Gasteiger partial charge is 0.228 e. The first kappa shape index (κ1) is 16.8. The quantitative estimate of drug-likeness (QED) is 0.876. The summed E-state index contributed by atoms with van der Waals surface area (Å²) in [6, 6.07) is 12.8. The highest BCUT2D eigenvalue weighted by Crippen LogP contribution is 2.32. The van der Waals surface area contributed by atoms with Crippen molar-refractivity contribution >= 4 is 17.5 Å². The van der Waals surface area contributed by atoms with Gasteiger partial charge in [-0.05, 0) is 29.3 Å². The van der Waals surface area contributed by atoms with E-state index in [-0.39, 0.29) is 18.2 Å². The van der Waals surface area contributed by atoms with Gasteiger partial charge in [0.1, 0.15) is 11.5 Å². The second-order valence-corrected chi connectivity index (χ2v) is 5.83. The lowest BCUT2D eigenvalue weighted by Crippen LogP contribution is -2.34. The lowest BCUT2D eigenvalue weighted by Gasteiger charge is -2.24. The van der Waals surface area contributed by atoms with E-state index in [0.29, 0.717) is 23.7 Å². The van der Waals surface area contributed by atoms with Crippen LogP contribution in [0.25, 0.3) is 0 Å². The molecule has 1 aliphatic rings. The molecule has 0 saturated heterocycles. The first-order valence-electron chi connectivity index (χ1n) is 7.99. The van der Waals surface area contributed by atoms with Crippen molar-refractivity contribution in [3.8, 4) is 11.5 Å². The maximum atomic E-state index is 12.6. The molecule has 1 atom stereocenters. The molecule has 1 aliphatic heterocycles. The summed E-state index contributed by atoms with van der Waals surface area (Å²) in [4.78, 5) is 24.5. The number of carbonyl (C=O) groups excluding carboxylic acids is 2. The van der Waals surface area contributed by atoms with Crippen molar-refractivity contribution in [3.63, 3.8) is 0 Å². The highest BCUT2D eigenvalue weighted by atomic mass is 16.5. The average Bonchev–Trinajstić information content (AvgIpc) is 2.64. The van der Waals surface area contributed by atoms with Gasteiger partial charge < -0.3 is 20.1 Å². The first-order valence-corrected chi connectivity index (χ1v) is 7.99. The van der Waals surface area contributed by atoms with Crippen molar-refractivity contribution in [2.24, 2.45) is 0 Å². The first-order chi connectivity index (χ1) is 12.1. The van der Waals surface area contributed by atoms with Gasteiger partial charge in [0.05, 0.1) is 20.1 Å². The highest BCUT2D eigenvalue weighted by Gasteiger charge is 2.30. The van der Waals surface area contributed by atoms with Crippen molar-refractivity contribution in [2.75, 3.05) is 19.5 Å². The fraction of sp³-hybridized carbons (Fsp3) is 0.263. The molecule has 0 aliphatic carbocycles. The number of hydrogen-bond acceptors (Lipinski definition) is 4. The molecule has 3 rings (SSSR count). The third-order valence-corrected chi connectivity index (χ3v) is 4.19. The van der Waals surface area contributed by atoms with Crippen LogP contribution in [0.4, 0.5) is 5.69 Å². The molecule has 130 valence electrons. The van der Waals surface area contributed by atoms with Gasteiger partial charge in [-0.3, -0.25) is 9.59 Å². The molecule has 2 aromatic rings. The Morgan fingerprint density at radius 3 is 2.52 bits per heavy atom. The molecule has 25 heavy (non-hydrogen) atoms. The van der Waals surface area contributed by atoms with Gasteiger partial charge in [0, 0.05) is 24.7 Å². The molecule has 0 bridgehead atoms. The molecule has 0 saturated carbocycles. The van der Waals surface area contributed by atoms with Gasteiger partial charge in [-0.25, -0.2) is 0 Å². The number of fused-ring (bicyclic) bond motifs is 1. The number of ether oxygens (including phenoxy) is 2. The van der Waals surface area contributed by atoms with Gasteiger partial charge in [0.2, 0.25) is 11.8 Å². The lowest BCUT2D eigenvalue weighted by atomic mass is 9.90. The SMILES string of the molecule is COc1cc(CNC(=O)C2CC(=O)Nc3ccccc32)cc(OC)c1. The summed E-state index contributed by atoms with van der Waals surface area (Å²) in [6.07, 6.45) is 0.143. The molecular weight excluding hydrogens is 320 g/mol. The van der Waals surface area contributed by atoms with E-state index in [1.54, 1.807) is 26.4 Å². The van der Waals surface area contributed by atoms with Crippen LogP contribution in [0, 0.1) is 0 Å². The third kappa shape index (κ3) is 3.74. The predicted molar refractivity (Wildman–Crippen MR) is 93.8 cm³/mol. The fourth-order valence-corrected chi connectivity index (χ4v) is 2.93. The molecule has 2 N–H and O–H groups in total. The molecule has 6 nitrogen and oxygen atoms in total. The topological polar surface area (TPSA) is 76.7 Å². The van der Waals surface area contributed by atoms with Crippen molar-refractivity contribution in [1.29, 1.82) is 0 Å². The van der Waals surface area contributed by atoms with E-state index in [2.05, 4.69) is 10.6 Å². The normalized spacial score (nSPS) is 15.8. The van der Waals surface area contributed by atoms with E-state index in [0.717, 1.165) is 11.1 Å². The number of hydrogen-bond donors (Lipinski definition) is 2. The Morgan fingerprint density at radius 2 is 1.84 bits per heavy atom. The number of carbonyl (C=O) groups is 2. The summed E-state index contributed by atoms with van der Waals surface area (Å²) >= 11 is 0. The second kappa shape index (κ2) is 7.25. The summed E-state index contributed by atoms with van der Waals surface area (Å²) < 4.78 is 10.5. The largest absolute Gasteiger partial charge is 0.497 e. The maximum Gasteiger partial charge on any atom is 0.228 e. The molecule has 2 amide bonds. The van der Waals surface area contributed by atoms with Gasteiger partial charge in [-0.15, -0.1) is 0 Å². The van der Waals surface area contributed by atoms with Crippen molar-refractivity contribution in [3.05, 3.63) is 53.6 Å². The van der Waals surface area contributed by atoms with E-state index in [9.17, 15) is 9.59 Å². The minimum Gasteiger partial charge on any atom is -0.497 e. The molecule has 0 radical (unpaired) electrons. The van der Waals surface area contributed by atoms with E-state index in [4.69, 9.17) is 9.47 Å². The number of nitrogens with one attached hydrogen (secondary N) is 2. The lowest BCUT2D eigenvalue weighted by molar-refractivity contribution is -0.126. The van der Waals surface area contributed by atoms with Gasteiger partial charge in [0.15, 0.2) is 0 Å². The number of methoxy groups -OCH3 is 2. The van der Waals surface area contributed by atoms with Gasteiger partial charge >= 0.3 is 0 Å². The van der Waals surface area contributed by atoms with Crippen LogP contribution in [0.15, 0.2) is 42.5 Å². The molecule has 6 heteroatoms. The van der Waals surface area contributed by atoms with E-state index >= 15 is 0 Å². The van der Waals surface area contributed by atoms with E-state index in [1.165, 1.54) is 0 Å². The monoisotopic (exact) mass is 340 g/mol. The summed E-state index contributed by atoms with van der Waals surface area (Å²) in [7, 11) is 3.16. The van der Waals surface area contributed by atoms with Gasteiger partial charge in [-0.1, -0.05) is 18.2 Å². The number of amides is 2. The number of anilines is 1. The molecule has 2 aromatic carbocycles. The van der Waals surface area contributed by atoms with Gasteiger partial charge in [0.25, 0.3) is 0 Å². The van der Waals surface area contributed by atoms with Crippen LogP contribution in [0.2, 0.25) is 0 Å². The predicted octanol–water partition coefficient (Wildman–Crippen LogP) is 2.45. The average molecular weight is 340 g/mol. The minimum absolute atomic E-state index is 0.143.